The number of amides is 9. The Hall–Kier alpha value is -8.68. The second-order valence-electron chi connectivity index (χ2n) is 18.7. The lowest BCUT2D eigenvalue weighted by atomic mass is 9.99. The number of carboxylic acid groups (broad SMARTS) is 1. The van der Waals surface area contributed by atoms with E-state index in [9.17, 15) is 73.5 Å². The van der Waals surface area contributed by atoms with Crippen LogP contribution in [0.25, 0.3) is 0 Å². The van der Waals surface area contributed by atoms with Gasteiger partial charge in [-0.05, 0) is 71.7 Å². The van der Waals surface area contributed by atoms with Crippen LogP contribution >= 0.6 is 0 Å². The first-order valence-corrected chi connectivity index (χ1v) is 24.0. The molecule has 0 aromatic heterocycles. The molecule has 0 unspecified atom stereocenters. The molecule has 1 saturated heterocycles. The number of aliphatic hydroxyl groups is 1. The number of phenols is 3. The van der Waals surface area contributed by atoms with Gasteiger partial charge < -0.3 is 83.3 Å². The molecule has 8 atom stereocenters. The highest BCUT2D eigenvalue weighted by molar-refractivity contribution is 5.99. The molecule has 0 radical (unpaired) electrons. The molecule has 1 aliphatic rings. The maximum Gasteiger partial charge on any atom is 0.335 e. The van der Waals surface area contributed by atoms with Crippen LogP contribution in [-0.2, 0) is 67.2 Å². The molecule has 26 nitrogen and oxygen atoms in total. The number of hydrogen-bond donors (Lipinski definition) is 14. The van der Waals surface area contributed by atoms with E-state index in [0.717, 1.165) is 0 Å². The number of methoxy groups -OCH3 is 1. The minimum absolute atomic E-state index is 0.0758. The second-order valence-corrected chi connectivity index (χ2v) is 18.7. The Kier molecular flexibility index (Phi) is 22.2. The first-order valence-electron chi connectivity index (χ1n) is 24.0. The van der Waals surface area contributed by atoms with Gasteiger partial charge >= 0.3 is 18.0 Å². The molecule has 15 N–H and O–H groups in total. The van der Waals surface area contributed by atoms with Crippen LogP contribution in [0.5, 0.6) is 23.0 Å². The van der Waals surface area contributed by atoms with E-state index in [0.29, 0.717) is 11.1 Å². The molecule has 1 aliphatic heterocycles. The summed E-state index contributed by atoms with van der Waals surface area (Å²) in [6.07, 6.45) is -3.64. The second kappa shape index (κ2) is 28.1. The van der Waals surface area contributed by atoms with Crippen molar-refractivity contribution in [2.75, 3.05) is 20.3 Å². The number of rotatable bonds is 22. The number of carbonyl (C=O) groups is 10. The number of benzene rings is 3. The minimum Gasteiger partial charge on any atom is -0.508 e. The van der Waals surface area contributed by atoms with Crippen molar-refractivity contribution in [1.29, 1.82) is 0 Å². The summed E-state index contributed by atoms with van der Waals surface area (Å²) in [5.41, 5.74) is 6.53. The number of carboxylic acids is 1. The Bertz CT molecular complexity index is 2580. The van der Waals surface area contributed by atoms with Crippen molar-refractivity contribution in [3.05, 3.63) is 83.4 Å². The molecule has 76 heavy (non-hydrogen) atoms. The van der Waals surface area contributed by atoms with Crippen LogP contribution in [0.15, 0.2) is 66.7 Å². The number of aliphatic hydroxyl groups excluding tert-OH is 1. The number of primary amides is 1. The SMILES string of the molecule is COc1cc(O)ccc1C[C@H]1NC(=O)[C@@H](NC(=O)[C@@H](NC(=O)[C@H](CC(C)C)NC(=O)[C@@H](Cc2ccc(O)cc2)NC(=O)[C@H](Cc2ccc(O)cc2)NC(N)=O)[C@@H](O)C(=O)O)COC(=O)CNC(=O)[C@H](CC(C)C)NC1=O. The van der Waals surface area contributed by atoms with E-state index < -0.39 is 127 Å². The van der Waals surface area contributed by atoms with Gasteiger partial charge in [-0.2, -0.15) is 0 Å². The number of nitrogens with one attached hydrogen (secondary N) is 8. The Labute approximate surface area is 436 Å². The number of hydrogen-bond acceptors (Lipinski definition) is 16. The molecule has 0 aliphatic carbocycles. The fourth-order valence-electron chi connectivity index (χ4n) is 7.79. The first-order chi connectivity index (χ1) is 35.8. The number of urea groups is 1. The van der Waals surface area contributed by atoms with Crippen LogP contribution in [0.1, 0.15) is 57.2 Å². The van der Waals surface area contributed by atoms with Gasteiger partial charge in [0.25, 0.3) is 0 Å². The van der Waals surface area contributed by atoms with Crippen molar-refractivity contribution >= 4 is 59.3 Å². The van der Waals surface area contributed by atoms with Gasteiger partial charge in [0.2, 0.25) is 41.4 Å². The molecule has 1 heterocycles. The number of ether oxygens (including phenoxy) is 2. The van der Waals surface area contributed by atoms with Gasteiger partial charge in [0.1, 0.15) is 78.4 Å². The van der Waals surface area contributed by atoms with Gasteiger partial charge in [-0.15, -0.1) is 0 Å². The Morgan fingerprint density at radius 3 is 1.74 bits per heavy atom. The Morgan fingerprint density at radius 1 is 0.684 bits per heavy atom. The van der Waals surface area contributed by atoms with E-state index in [-0.39, 0.29) is 66.6 Å². The van der Waals surface area contributed by atoms with E-state index in [1.54, 1.807) is 27.7 Å². The van der Waals surface area contributed by atoms with E-state index >= 15 is 0 Å². The van der Waals surface area contributed by atoms with Crippen molar-refractivity contribution in [3.8, 4) is 23.0 Å². The van der Waals surface area contributed by atoms with Crippen LogP contribution in [0.4, 0.5) is 4.79 Å². The molecule has 3 aromatic rings. The van der Waals surface area contributed by atoms with Gasteiger partial charge in [-0.25, -0.2) is 9.59 Å². The average molecular weight is 1060 g/mol. The highest BCUT2D eigenvalue weighted by atomic mass is 16.5. The molecule has 0 bridgehead atoms. The monoisotopic (exact) mass is 1060 g/mol. The fraction of sp³-hybridized carbons (Fsp3) is 0.440. The summed E-state index contributed by atoms with van der Waals surface area (Å²) in [5, 5.41) is 69.6. The lowest BCUT2D eigenvalue weighted by Crippen LogP contribution is -2.63. The maximum absolute atomic E-state index is 14.3. The molecular formula is C50H65N9O17. The van der Waals surface area contributed by atoms with E-state index in [1.165, 1.54) is 73.8 Å². The topological polar surface area (TPSA) is 413 Å². The van der Waals surface area contributed by atoms with E-state index in [1.807, 2.05) is 0 Å². The van der Waals surface area contributed by atoms with Crippen LogP contribution in [0.3, 0.4) is 0 Å². The van der Waals surface area contributed by atoms with Crippen molar-refractivity contribution < 1.29 is 83.0 Å². The lowest BCUT2D eigenvalue weighted by Gasteiger charge is -2.29. The number of aromatic hydroxyl groups is 3. The van der Waals surface area contributed by atoms with Gasteiger partial charge in [-0.3, -0.25) is 38.4 Å². The van der Waals surface area contributed by atoms with Gasteiger partial charge in [0.05, 0.1) is 7.11 Å². The standard InChI is InChI=1S/C50H65N9O17/c1-24(2)16-32-42(65)52-22-39(63)76-23-37(47(70)56-36(45(68)53-32)20-28-10-15-31(62)21-38(28)75-5)57-48(71)40(41(64)49(72)73)59-46(69)33(17-25(3)4)54-43(66)34(18-26-6-11-29(60)12-7-26)55-44(67)35(58-50(51)74)19-27-8-13-30(61)14-9-27/h6-15,21,24-25,32-37,40-41,60-62,64H,16-20,22-23H2,1-5H3,(H,52,65)(H,53,68)(H,54,66)(H,55,67)(H,56,70)(H,57,71)(H,59,69)(H,72,73)(H3,51,58,74)/t32-,33-,34+,35-,36+,37-,40-,41+/m0/s1. The van der Waals surface area contributed by atoms with Gasteiger partial charge in [-0.1, -0.05) is 58.0 Å². The zero-order chi connectivity index (χ0) is 56.4. The summed E-state index contributed by atoms with van der Waals surface area (Å²) in [4.78, 5) is 135. The third-order valence-corrected chi connectivity index (χ3v) is 11.6. The number of carbonyl (C=O) groups excluding carboxylic acids is 9. The quantitative estimate of drug-likeness (QED) is 0.0484. The zero-order valence-corrected chi connectivity index (χ0v) is 42.3. The zero-order valence-electron chi connectivity index (χ0n) is 42.3. The maximum atomic E-state index is 14.3. The van der Waals surface area contributed by atoms with Gasteiger partial charge in [0.15, 0.2) is 6.10 Å². The molecule has 0 saturated carbocycles. The van der Waals surface area contributed by atoms with Crippen molar-refractivity contribution in [2.24, 2.45) is 17.6 Å². The molecule has 4 rings (SSSR count). The molecule has 0 spiro atoms. The normalized spacial score (nSPS) is 18.2. The highest BCUT2D eigenvalue weighted by Crippen LogP contribution is 2.25. The molecule has 412 valence electrons. The molecule has 1 fully saturated rings. The number of esters is 1. The number of phenolic OH excluding ortho intramolecular Hbond substituents is 3. The Balaban J connectivity index is 1.66. The van der Waals surface area contributed by atoms with Crippen LogP contribution < -0.4 is 53.0 Å². The van der Waals surface area contributed by atoms with Crippen molar-refractivity contribution in [2.45, 2.75) is 108 Å². The lowest BCUT2D eigenvalue weighted by molar-refractivity contribution is -0.153. The van der Waals surface area contributed by atoms with E-state index in [4.69, 9.17) is 15.2 Å². The first kappa shape index (κ1) is 59.9. The Morgan fingerprint density at radius 2 is 1.21 bits per heavy atom. The van der Waals surface area contributed by atoms with Crippen LogP contribution in [0, 0.1) is 11.8 Å². The third-order valence-electron chi connectivity index (χ3n) is 11.6. The predicted octanol–water partition coefficient (Wildman–Crippen LogP) is -2.00. The summed E-state index contributed by atoms with van der Waals surface area (Å²) in [6, 6.07) is 2.20. The minimum atomic E-state index is -2.74. The third kappa shape index (κ3) is 18.7. The smallest absolute Gasteiger partial charge is 0.335 e. The summed E-state index contributed by atoms with van der Waals surface area (Å²) in [7, 11) is 1.28. The van der Waals surface area contributed by atoms with Gasteiger partial charge in [0, 0.05) is 25.3 Å². The largest absolute Gasteiger partial charge is 0.508 e. The van der Waals surface area contributed by atoms with Crippen LogP contribution in [-0.4, -0.2) is 154 Å². The summed E-state index contributed by atoms with van der Waals surface area (Å²) in [5.74, 6) is -11.6. The molecular weight excluding hydrogens is 999 g/mol. The van der Waals surface area contributed by atoms with Crippen molar-refractivity contribution in [3.63, 3.8) is 0 Å². The molecule has 9 amide bonds. The molecule has 3 aromatic carbocycles. The summed E-state index contributed by atoms with van der Waals surface area (Å²) >= 11 is 0. The van der Waals surface area contributed by atoms with Crippen molar-refractivity contribution in [1.82, 2.24) is 42.5 Å². The van der Waals surface area contributed by atoms with Crippen LogP contribution in [0.2, 0.25) is 0 Å². The highest BCUT2D eigenvalue weighted by Gasteiger charge is 2.40. The molecule has 26 heteroatoms. The van der Waals surface area contributed by atoms with E-state index in [2.05, 4.69) is 42.5 Å². The summed E-state index contributed by atoms with van der Waals surface area (Å²) in [6.45, 7) is 5.07. The fourth-order valence-corrected chi connectivity index (χ4v) is 7.79. The average Bonchev–Trinajstić information content (AvgIpc) is 3.35. The summed E-state index contributed by atoms with van der Waals surface area (Å²) < 4.78 is 10.6. The predicted molar refractivity (Wildman–Crippen MR) is 267 cm³/mol. The number of nitrogens with two attached hydrogens (primary N) is 1. The number of cyclic esters (lactones) is 1. The number of aliphatic carboxylic acids is 1.